The summed E-state index contributed by atoms with van der Waals surface area (Å²) in [5.41, 5.74) is 2.81. The van der Waals surface area contributed by atoms with Crippen molar-refractivity contribution in [2.75, 3.05) is 13.2 Å². The van der Waals surface area contributed by atoms with E-state index in [1.165, 1.54) is 0 Å². The standard InChI is InChI=1S/C18H18BrNO2/c19-17-7-2-1-6-16(17)13-4-3-5-14(12-13)18(21)20-15-8-10-22-11-9-15/h1-7,12,15H,8-11H2,(H,20,21). The summed E-state index contributed by atoms with van der Waals surface area (Å²) < 4.78 is 6.35. The zero-order valence-electron chi connectivity index (χ0n) is 12.2. The molecule has 2 aromatic rings. The molecule has 4 heteroatoms. The quantitative estimate of drug-likeness (QED) is 0.898. The summed E-state index contributed by atoms with van der Waals surface area (Å²) >= 11 is 3.56. The average Bonchev–Trinajstić information content (AvgIpc) is 2.56. The van der Waals surface area contributed by atoms with Gasteiger partial charge in [0, 0.05) is 29.3 Å². The molecule has 0 aromatic heterocycles. The smallest absolute Gasteiger partial charge is 0.251 e. The van der Waals surface area contributed by atoms with E-state index in [4.69, 9.17) is 4.74 Å². The first-order valence-corrected chi connectivity index (χ1v) is 8.27. The van der Waals surface area contributed by atoms with Crippen molar-refractivity contribution >= 4 is 21.8 Å². The molecule has 2 aromatic carbocycles. The van der Waals surface area contributed by atoms with E-state index in [1.807, 2.05) is 48.5 Å². The number of rotatable bonds is 3. The molecule has 1 N–H and O–H groups in total. The lowest BCUT2D eigenvalue weighted by molar-refractivity contribution is 0.0696. The minimum absolute atomic E-state index is 0.0131. The van der Waals surface area contributed by atoms with Gasteiger partial charge in [0.1, 0.15) is 0 Å². The third kappa shape index (κ3) is 3.57. The van der Waals surface area contributed by atoms with Gasteiger partial charge in [0.05, 0.1) is 0 Å². The number of hydrogen-bond acceptors (Lipinski definition) is 2. The zero-order chi connectivity index (χ0) is 15.4. The van der Waals surface area contributed by atoms with Crippen LogP contribution in [0.5, 0.6) is 0 Å². The van der Waals surface area contributed by atoms with Gasteiger partial charge in [-0.25, -0.2) is 0 Å². The molecule has 0 saturated carbocycles. The number of hydrogen-bond donors (Lipinski definition) is 1. The summed E-state index contributed by atoms with van der Waals surface area (Å²) in [6, 6.07) is 16.0. The van der Waals surface area contributed by atoms with Crippen molar-refractivity contribution in [1.29, 1.82) is 0 Å². The number of ether oxygens (including phenoxy) is 1. The molecule has 114 valence electrons. The van der Waals surface area contributed by atoms with Crippen LogP contribution in [0.25, 0.3) is 11.1 Å². The van der Waals surface area contributed by atoms with Crippen LogP contribution in [-0.2, 0) is 4.74 Å². The lowest BCUT2D eigenvalue weighted by Gasteiger charge is -2.23. The summed E-state index contributed by atoms with van der Waals surface area (Å²) in [7, 11) is 0. The fourth-order valence-corrected chi connectivity index (χ4v) is 3.15. The van der Waals surface area contributed by atoms with Gasteiger partial charge in [-0.1, -0.05) is 46.3 Å². The number of benzene rings is 2. The SMILES string of the molecule is O=C(NC1CCOCC1)c1cccc(-c2ccccc2Br)c1. The van der Waals surface area contributed by atoms with E-state index in [-0.39, 0.29) is 11.9 Å². The van der Waals surface area contributed by atoms with Gasteiger partial charge in [-0.2, -0.15) is 0 Å². The summed E-state index contributed by atoms with van der Waals surface area (Å²) in [6.45, 7) is 1.45. The van der Waals surface area contributed by atoms with Crippen LogP contribution in [0.1, 0.15) is 23.2 Å². The molecule has 1 fully saturated rings. The predicted octanol–water partition coefficient (Wildman–Crippen LogP) is 4.02. The third-order valence-electron chi connectivity index (χ3n) is 3.87. The first kappa shape index (κ1) is 15.3. The molecule has 0 atom stereocenters. The van der Waals surface area contributed by atoms with Gasteiger partial charge in [0.25, 0.3) is 5.91 Å². The predicted molar refractivity (Wildman–Crippen MR) is 90.9 cm³/mol. The van der Waals surface area contributed by atoms with E-state index >= 15 is 0 Å². The molecule has 1 saturated heterocycles. The highest BCUT2D eigenvalue weighted by Crippen LogP contribution is 2.28. The second kappa shape index (κ2) is 7.07. The monoisotopic (exact) mass is 359 g/mol. The Morgan fingerprint density at radius 2 is 1.86 bits per heavy atom. The fourth-order valence-electron chi connectivity index (χ4n) is 2.63. The molecular formula is C18H18BrNO2. The first-order chi connectivity index (χ1) is 10.7. The van der Waals surface area contributed by atoms with Crippen molar-refractivity contribution in [3.63, 3.8) is 0 Å². The van der Waals surface area contributed by atoms with Gasteiger partial charge in [-0.05, 0) is 42.2 Å². The number of carbonyl (C=O) groups is 1. The number of nitrogens with one attached hydrogen (secondary N) is 1. The maximum Gasteiger partial charge on any atom is 0.251 e. The Hall–Kier alpha value is -1.65. The summed E-state index contributed by atoms with van der Waals surface area (Å²) in [6.07, 6.45) is 1.77. The Morgan fingerprint density at radius 1 is 1.09 bits per heavy atom. The minimum atomic E-state index is -0.0131. The second-order valence-corrected chi connectivity index (χ2v) is 6.28. The van der Waals surface area contributed by atoms with Gasteiger partial charge in [-0.15, -0.1) is 0 Å². The molecule has 0 spiro atoms. The van der Waals surface area contributed by atoms with Crippen molar-refractivity contribution < 1.29 is 9.53 Å². The highest BCUT2D eigenvalue weighted by atomic mass is 79.9. The van der Waals surface area contributed by atoms with Gasteiger partial charge >= 0.3 is 0 Å². The third-order valence-corrected chi connectivity index (χ3v) is 4.56. The summed E-state index contributed by atoms with van der Waals surface area (Å²) in [5.74, 6) is -0.0131. The second-order valence-electron chi connectivity index (χ2n) is 5.42. The van der Waals surface area contributed by atoms with Gasteiger partial charge in [0.15, 0.2) is 0 Å². The molecule has 22 heavy (non-hydrogen) atoms. The molecule has 3 rings (SSSR count). The van der Waals surface area contributed by atoms with Crippen LogP contribution in [0, 0.1) is 0 Å². The van der Waals surface area contributed by atoms with Crippen LogP contribution < -0.4 is 5.32 Å². The molecule has 1 aliphatic heterocycles. The van der Waals surface area contributed by atoms with E-state index in [0.29, 0.717) is 5.56 Å². The maximum atomic E-state index is 12.4. The highest BCUT2D eigenvalue weighted by Gasteiger charge is 2.17. The molecule has 3 nitrogen and oxygen atoms in total. The van der Waals surface area contributed by atoms with Crippen LogP contribution in [0.2, 0.25) is 0 Å². The van der Waals surface area contributed by atoms with Gasteiger partial charge < -0.3 is 10.1 Å². The normalized spacial score (nSPS) is 15.5. The van der Waals surface area contributed by atoms with E-state index in [9.17, 15) is 4.79 Å². The first-order valence-electron chi connectivity index (χ1n) is 7.47. The molecule has 1 amide bonds. The van der Waals surface area contributed by atoms with E-state index in [2.05, 4.69) is 21.2 Å². The largest absolute Gasteiger partial charge is 0.381 e. The Kier molecular flexibility index (Phi) is 4.90. The number of amides is 1. The lowest BCUT2D eigenvalue weighted by Crippen LogP contribution is -2.38. The van der Waals surface area contributed by atoms with Crippen molar-refractivity contribution in [1.82, 2.24) is 5.32 Å². The van der Waals surface area contributed by atoms with Crippen molar-refractivity contribution in [3.05, 3.63) is 58.6 Å². The van der Waals surface area contributed by atoms with Gasteiger partial charge in [-0.3, -0.25) is 4.79 Å². The van der Waals surface area contributed by atoms with Crippen molar-refractivity contribution in [2.24, 2.45) is 0 Å². The number of carbonyl (C=O) groups excluding carboxylic acids is 1. The Morgan fingerprint density at radius 3 is 2.64 bits per heavy atom. The molecule has 0 aliphatic carbocycles. The molecule has 0 radical (unpaired) electrons. The van der Waals surface area contributed by atoms with Crippen LogP contribution in [0.15, 0.2) is 53.0 Å². The Balaban J connectivity index is 1.79. The average molecular weight is 360 g/mol. The maximum absolute atomic E-state index is 12.4. The topological polar surface area (TPSA) is 38.3 Å². The molecular weight excluding hydrogens is 342 g/mol. The van der Waals surface area contributed by atoms with Crippen LogP contribution in [0.3, 0.4) is 0 Å². The van der Waals surface area contributed by atoms with E-state index in [1.54, 1.807) is 0 Å². The molecule has 0 unspecified atom stereocenters. The van der Waals surface area contributed by atoms with Crippen LogP contribution in [0.4, 0.5) is 0 Å². The Bertz CT molecular complexity index is 666. The Labute approximate surface area is 138 Å². The van der Waals surface area contributed by atoms with Crippen LogP contribution >= 0.6 is 15.9 Å². The van der Waals surface area contributed by atoms with Crippen LogP contribution in [-0.4, -0.2) is 25.2 Å². The van der Waals surface area contributed by atoms with E-state index < -0.39 is 0 Å². The molecule has 1 aliphatic rings. The lowest BCUT2D eigenvalue weighted by atomic mass is 10.0. The fraction of sp³-hybridized carbons (Fsp3) is 0.278. The number of halogens is 1. The van der Waals surface area contributed by atoms with Gasteiger partial charge in [0.2, 0.25) is 0 Å². The highest BCUT2D eigenvalue weighted by molar-refractivity contribution is 9.10. The zero-order valence-corrected chi connectivity index (χ0v) is 13.8. The van der Waals surface area contributed by atoms with Crippen molar-refractivity contribution in [2.45, 2.75) is 18.9 Å². The molecule has 1 heterocycles. The summed E-state index contributed by atoms with van der Waals surface area (Å²) in [4.78, 5) is 12.4. The summed E-state index contributed by atoms with van der Waals surface area (Å²) in [5, 5.41) is 3.10. The van der Waals surface area contributed by atoms with E-state index in [0.717, 1.165) is 41.7 Å². The van der Waals surface area contributed by atoms with Crippen molar-refractivity contribution in [3.8, 4) is 11.1 Å². The minimum Gasteiger partial charge on any atom is -0.381 e. The molecule has 0 bridgehead atoms.